The molecule has 1 unspecified atom stereocenters. The molecular formula is C21H40NaO7S. The van der Waals surface area contributed by atoms with Crippen LogP contribution in [0, 0.1) is 0 Å². The number of ether oxygens (including phenoxy) is 2. The third-order valence-corrected chi connectivity index (χ3v) is 6.42. The second-order valence-electron chi connectivity index (χ2n) is 7.77. The zero-order valence-electron chi connectivity index (χ0n) is 19.4. The summed E-state index contributed by atoms with van der Waals surface area (Å²) in [6.45, 7) is 5.48. The van der Waals surface area contributed by atoms with Crippen LogP contribution in [-0.4, -0.2) is 72.4 Å². The number of carbonyl (C=O) groups is 2. The topological polar surface area (TPSA) is 107 Å². The Balaban J connectivity index is 0. The van der Waals surface area contributed by atoms with Crippen LogP contribution in [-0.2, 0) is 29.2 Å². The average molecular weight is 460 g/mol. The molecule has 0 fully saturated rings. The van der Waals surface area contributed by atoms with E-state index in [1.54, 1.807) is 0 Å². The number of esters is 2. The molecule has 30 heavy (non-hydrogen) atoms. The van der Waals surface area contributed by atoms with E-state index in [0.29, 0.717) is 12.8 Å². The van der Waals surface area contributed by atoms with Crippen molar-refractivity contribution in [3.8, 4) is 0 Å². The summed E-state index contributed by atoms with van der Waals surface area (Å²) in [6.07, 6.45) is 11.2. The molecule has 0 aliphatic heterocycles. The third-order valence-electron chi connectivity index (χ3n) is 4.97. The van der Waals surface area contributed by atoms with Gasteiger partial charge in [-0.15, -0.1) is 0 Å². The van der Waals surface area contributed by atoms with Crippen LogP contribution < -0.4 is 0 Å². The summed E-state index contributed by atoms with van der Waals surface area (Å²) >= 11 is 0. The van der Waals surface area contributed by atoms with Gasteiger partial charge < -0.3 is 9.47 Å². The molecule has 0 aliphatic rings. The Bertz CT molecular complexity index is 566. The quantitative estimate of drug-likeness (QED) is 0.140. The van der Waals surface area contributed by atoms with Gasteiger partial charge in [-0.2, -0.15) is 8.42 Å². The molecular weight excluding hydrogens is 419 g/mol. The number of hydrogen-bond acceptors (Lipinski definition) is 6. The summed E-state index contributed by atoms with van der Waals surface area (Å²) in [5.74, 6) is -1.96. The smallest absolute Gasteiger partial charge is 0.330 e. The Morgan fingerprint density at radius 2 is 1.17 bits per heavy atom. The van der Waals surface area contributed by atoms with Crippen molar-refractivity contribution in [1.29, 1.82) is 0 Å². The minimum absolute atomic E-state index is 0. The second kappa shape index (κ2) is 18.4. The fourth-order valence-corrected chi connectivity index (χ4v) is 3.43. The normalized spacial score (nSPS) is 13.2. The van der Waals surface area contributed by atoms with Gasteiger partial charge in [0.25, 0.3) is 10.1 Å². The number of carbonyl (C=O) groups excluding carboxylic acids is 2. The van der Waals surface area contributed by atoms with Gasteiger partial charge in [-0.3, -0.25) is 14.1 Å². The summed E-state index contributed by atoms with van der Waals surface area (Å²) in [7, 11) is -4.83. The molecule has 0 heterocycles. The zero-order valence-corrected chi connectivity index (χ0v) is 22.2. The van der Waals surface area contributed by atoms with E-state index in [9.17, 15) is 22.6 Å². The number of rotatable bonds is 18. The van der Waals surface area contributed by atoms with Crippen LogP contribution in [0.5, 0.6) is 0 Å². The van der Waals surface area contributed by atoms with Crippen molar-refractivity contribution >= 4 is 51.6 Å². The monoisotopic (exact) mass is 459 g/mol. The van der Waals surface area contributed by atoms with Crippen LogP contribution in [0.25, 0.3) is 0 Å². The molecule has 0 bridgehead atoms. The number of hydrogen-bond donors (Lipinski definition) is 1. The third kappa shape index (κ3) is 14.0. The van der Waals surface area contributed by atoms with Gasteiger partial charge in [-0.1, -0.05) is 78.1 Å². The summed E-state index contributed by atoms with van der Waals surface area (Å²) in [4.78, 5) is 24.3. The molecule has 0 saturated carbocycles. The fraction of sp³-hybridized carbons (Fsp3) is 0.905. The molecule has 173 valence electrons. The van der Waals surface area contributed by atoms with Crippen LogP contribution >= 0.6 is 0 Å². The zero-order chi connectivity index (χ0) is 22.2. The van der Waals surface area contributed by atoms with Gasteiger partial charge in [0, 0.05) is 29.6 Å². The van der Waals surface area contributed by atoms with Crippen molar-refractivity contribution in [2.24, 2.45) is 0 Å². The largest absolute Gasteiger partial charge is 0.466 e. The Kier molecular flexibility index (Phi) is 19.7. The van der Waals surface area contributed by atoms with Gasteiger partial charge in [-0.25, -0.2) is 0 Å². The van der Waals surface area contributed by atoms with Crippen LogP contribution in [0.15, 0.2) is 0 Å². The van der Waals surface area contributed by atoms with Gasteiger partial charge in [0.2, 0.25) is 4.75 Å². The molecule has 0 aromatic rings. The maximum absolute atomic E-state index is 12.3. The SMILES string of the molecule is CCCCCCCCOC(=O)CC(C)(C(=O)OCCCCCCCC)S(=O)(=O)O.[Na]. The van der Waals surface area contributed by atoms with Crippen LogP contribution in [0.3, 0.4) is 0 Å². The van der Waals surface area contributed by atoms with Gasteiger partial charge >= 0.3 is 11.9 Å². The molecule has 0 aromatic carbocycles. The number of unbranched alkanes of at least 4 members (excludes halogenated alkanes) is 10. The second-order valence-corrected chi connectivity index (χ2v) is 9.63. The van der Waals surface area contributed by atoms with Gasteiger partial charge in [-0.05, 0) is 19.8 Å². The first-order valence-corrected chi connectivity index (χ1v) is 12.4. The standard InChI is InChI=1S/C21H40O7S.Na/c1-4-6-8-10-12-14-16-27-19(22)18-21(3,29(24,25)26)20(23)28-17-15-13-11-9-7-5-2;/h4-18H2,1-3H3,(H,24,25,26);. The molecule has 0 saturated heterocycles. The van der Waals surface area contributed by atoms with Crippen molar-refractivity contribution in [2.45, 2.75) is 109 Å². The van der Waals surface area contributed by atoms with Crippen molar-refractivity contribution in [1.82, 2.24) is 0 Å². The average Bonchev–Trinajstić information content (AvgIpc) is 2.65. The van der Waals surface area contributed by atoms with Crippen molar-refractivity contribution in [3.05, 3.63) is 0 Å². The molecule has 0 amide bonds. The van der Waals surface area contributed by atoms with Crippen LogP contribution in [0.4, 0.5) is 0 Å². The van der Waals surface area contributed by atoms with E-state index < -0.39 is 33.2 Å². The summed E-state index contributed by atoms with van der Waals surface area (Å²) in [5.41, 5.74) is 0. The minimum Gasteiger partial charge on any atom is -0.466 e. The van der Waals surface area contributed by atoms with Crippen LogP contribution in [0.1, 0.15) is 104 Å². The summed E-state index contributed by atoms with van der Waals surface area (Å²) in [5, 5.41) is 0. The van der Waals surface area contributed by atoms with E-state index in [0.717, 1.165) is 64.7 Å². The maximum atomic E-state index is 12.3. The molecule has 9 heteroatoms. The van der Waals surface area contributed by atoms with E-state index in [4.69, 9.17) is 9.47 Å². The predicted octanol–water partition coefficient (Wildman–Crippen LogP) is 4.45. The molecule has 0 spiro atoms. The summed E-state index contributed by atoms with van der Waals surface area (Å²) < 4.78 is 40.8. The first-order valence-electron chi connectivity index (χ1n) is 11.0. The van der Waals surface area contributed by atoms with E-state index in [1.165, 1.54) is 6.42 Å². The Morgan fingerprint density at radius 1 is 0.767 bits per heavy atom. The van der Waals surface area contributed by atoms with E-state index in [1.807, 2.05) is 0 Å². The maximum Gasteiger partial charge on any atom is 0.330 e. The predicted molar refractivity (Wildman–Crippen MR) is 119 cm³/mol. The van der Waals surface area contributed by atoms with E-state index in [2.05, 4.69) is 13.8 Å². The van der Waals surface area contributed by atoms with Gasteiger partial charge in [0.1, 0.15) is 0 Å². The molecule has 0 rings (SSSR count). The first kappa shape index (κ1) is 32.0. The molecule has 1 radical (unpaired) electrons. The molecule has 1 N–H and O–H groups in total. The summed E-state index contributed by atoms with van der Waals surface area (Å²) in [6, 6.07) is 0. The molecule has 1 atom stereocenters. The Hall–Kier alpha value is -0.150. The fourth-order valence-electron chi connectivity index (χ4n) is 2.86. The minimum atomic E-state index is -4.83. The van der Waals surface area contributed by atoms with E-state index in [-0.39, 0.29) is 42.8 Å². The Morgan fingerprint density at radius 3 is 1.60 bits per heavy atom. The molecule has 0 aliphatic carbocycles. The first-order chi connectivity index (χ1) is 13.7. The van der Waals surface area contributed by atoms with Crippen molar-refractivity contribution in [3.63, 3.8) is 0 Å². The van der Waals surface area contributed by atoms with Crippen LogP contribution in [0.2, 0.25) is 0 Å². The Labute approximate surface area is 205 Å². The van der Waals surface area contributed by atoms with Gasteiger partial charge in [0.05, 0.1) is 19.6 Å². The van der Waals surface area contributed by atoms with E-state index >= 15 is 0 Å². The molecule has 0 aromatic heterocycles. The van der Waals surface area contributed by atoms with Crippen molar-refractivity contribution < 1.29 is 32.0 Å². The van der Waals surface area contributed by atoms with Gasteiger partial charge in [0.15, 0.2) is 0 Å². The molecule has 7 nitrogen and oxygen atoms in total. The van der Waals surface area contributed by atoms with Crippen molar-refractivity contribution in [2.75, 3.05) is 13.2 Å².